The second-order valence-corrected chi connectivity index (χ2v) is 14.3. The Hall–Kier alpha value is -8.14. The highest BCUT2D eigenvalue weighted by molar-refractivity contribution is 6.11. The Morgan fingerprint density at radius 3 is 1.60 bits per heavy atom. The van der Waals surface area contributed by atoms with Crippen molar-refractivity contribution < 1.29 is 4.42 Å². The molecule has 0 bridgehead atoms. The van der Waals surface area contributed by atoms with E-state index in [1.807, 2.05) is 78.9 Å². The first-order chi connectivity index (χ1) is 28.7. The van der Waals surface area contributed by atoms with Gasteiger partial charge in [0.2, 0.25) is 0 Å². The fourth-order valence-corrected chi connectivity index (χ4v) is 8.18. The van der Waals surface area contributed by atoms with Gasteiger partial charge >= 0.3 is 0 Å². The minimum absolute atomic E-state index is 0.550. The molecule has 0 aliphatic carbocycles. The van der Waals surface area contributed by atoms with Crippen molar-refractivity contribution in [2.75, 3.05) is 0 Å². The highest BCUT2D eigenvalue weighted by Gasteiger charge is 2.23. The van der Waals surface area contributed by atoms with Gasteiger partial charge in [-0.15, -0.1) is 0 Å². The fourth-order valence-electron chi connectivity index (χ4n) is 8.18. The first-order valence-electron chi connectivity index (χ1n) is 19.2. The average molecular weight is 742 g/mol. The number of nitrogens with zero attached hydrogens (tertiary/aromatic N) is 5. The van der Waals surface area contributed by atoms with Gasteiger partial charge in [-0.1, -0.05) is 133 Å². The Morgan fingerprint density at radius 1 is 0.397 bits per heavy atom. The summed E-state index contributed by atoms with van der Waals surface area (Å²) in [6, 6.07) is 66.4. The largest absolute Gasteiger partial charge is 0.456 e. The van der Waals surface area contributed by atoms with E-state index in [4.69, 9.17) is 19.4 Å². The molecule has 0 aliphatic rings. The molecule has 0 spiro atoms. The maximum atomic E-state index is 9.90. The zero-order valence-corrected chi connectivity index (χ0v) is 31.0. The van der Waals surface area contributed by atoms with E-state index in [2.05, 4.69) is 120 Å². The molecule has 0 N–H and O–H groups in total. The number of hydrogen-bond acceptors (Lipinski definition) is 5. The van der Waals surface area contributed by atoms with Gasteiger partial charge in [-0.25, -0.2) is 15.0 Å². The molecule has 0 aliphatic heterocycles. The van der Waals surface area contributed by atoms with E-state index in [1.54, 1.807) is 0 Å². The smallest absolute Gasteiger partial charge is 0.164 e. The lowest BCUT2D eigenvalue weighted by Crippen LogP contribution is -2.04. The fraction of sp³-hybridized carbons (Fsp3) is 0. The summed E-state index contributed by atoms with van der Waals surface area (Å²) in [5.41, 5.74) is 12.0. The number of nitriles is 1. The summed E-state index contributed by atoms with van der Waals surface area (Å²) in [6.45, 7) is 0. The second kappa shape index (κ2) is 13.6. The number of hydrogen-bond donors (Lipinski definition) is 0. The molecule has 8 aromatic carbocycles. The third-order valence-electron chi connectivity index (χ3n) is 10.9. The lowest BCUT2D eigenvalue weighted by molar-refractivity contribution is 0.669. The van der Waals surface area contributed by atoms with Gasteiger partial charge in [0.1, 0.15) is 11.2 Å². The molecule has 0 unspecified atom stereocenters. The minimum Gasteiger partial charge on any atom is -0.456 e. The Kier molecular flexibility index (Phi) is 7.76. The van der Waals surface area contributed by atoms with Crippen LogP contribution in [0.5, 0.6) is 0 Å². The molecule has 3 heterocycles. The highest BCUT2D eigenvalue weighted by Crippen LogP contribution is 2.44. The van der Waals surface area contributed by atoms with Crippen molar-refractivity contribution in [1.82, 2.24) is 19.5 Å². The first-order valence-corrected chi connectivity index (χ1v) is 19.2. The number of fused-ring (bicyclic) bond motifs is 6. The molecular weight excluding hydrogens is 711 g/mol. The maximum Gasteiger partial charge on any atom is 0.164 e. The van der Waals surface area contributed by atoms with Crippen LogP contribution in [0.25, 0.3) is 106 Å². The van der Waals surface area contributed by atoms with Crippen molar-refractivity contribution in [2.24, 2.45) is 0 Å². The van der Waals surface area contributed by atoms with Gasteiger partial charge in [0, 0.05) is 49.4 Å². The summed E-state index contributed by atoms with van der Waals surface area (Å²) in [5, 5.41) is 14.1. The van der Waals surface area contributed by atoms with Crippen LogP contribution in [0.15, 0.2) is 192 Å². The van der Waals surface area contributed by atoms with E-state index >= 15 is 0 Å². The van der Waals surface area contributed by atoms with Gasteiger partial charge in [0.15, 0.2) is 17.5 Å². The summed E-state index contributed by atoms with van der Waals surface area (Å²) in [6.07, 6.45) is 0. The zero-order valence-electron chi connectivity index (χ0n) is 31.0. The van der Waals surface area contributed by atoms with Crippen LogP contribution in [-0.2, 0) is 0 Å². The molecule has 6 heteroatoms. The lowest BCUT2D eigenvalue weighted by atomic mass is 9.92. The van der Waals surface area contributed by atoms with E-state index in [0.29, 0.717) is 23.0 Å². The van der Waals surface area contributed by atoms with Crippen LogP contribution in [0, 0.1) is 11.3 Å². The van der Waals surface area contributed by atoms with Crippen LogP contribution in [0.4, 0.5) is 0 Å². The number of para-hydroxylation sites is 2. The Bertz CT molecular complexity index is 3340. The van der Waals surface area contributed by atoms with Crippen LogP contribution in [0.1, 0.15) is 5.56 Å². The van der Waals surface area contributed by atoms with Crippen molar-refractivity contribution in [3.05, 3.63) is 194 Å². The minimum atomic E-state index is 0.550. The van der Waals surface area contributed by atoms with E-state index in [-0.39, 0.29) is 0 Å². The lowest BCUT2D eigenvalue weighted by Gasteiger charge is -2.21. The summed E-state index contributed by atoms with van der Waals surface area (Å²) in [5.74, 6) is 1.68. The summed E-state index contributed by atoms with van der Waals surface area (Å²) in [7, 11) is 0. The number of benzene rings is 8. The van der Waals surface area contributed by atoms with Crippen LogP contribution < -0.4 is 0 Å². The van der Waals surface area contributed by atoms with Crippen molar-refractivity contribution in [2.45, 2.75) is 0 Å². The van der Waals surface area contributed by atoms with E-state index < -0.39 is 0 Å². The molecule has 0 saturated heterocycles. The van der Waals surface area contributed by atoms with E-state index in [9.17, 15) is 5.26 Å². The third-order valence-corrected chi connectivity index (χ3v) is 10.9. The third kappa shape index (κ3) is 5.53. The number of rotatable bonds is 6. The summed E-state index contributed by atoms with van der Waals surface area (Å²) < 4.78 is 8.65. The SMILES string of the molecule is N#Cc1ccc2c(c1)c1ccccc1n2-c1c(-c2ccccc2)cc(-c2nc(-c3ccccc3)nc(-c3ccc4c(c3)oc3ccccc34)n2)cc1-c1ccccc1. The molecule has 0 fully saturated rings. The Balaban J connectivity index is 1.22. The second-order valence-electron chi connectivity index (χ2n) is 14.3. The molecule has 58 heavy (non-hydrogen) atoms. The van der Waals surface area contributed by atoms with E-state index in [1.165, 1.54) is 0 Å². The first kappa shape index (κ1) is 33.2. The standard InChI is InChI=1S/C52H31N5O/c53-32-33-24-27-46-44(28-33)39-20-10-12-22-45(39)57(46)49-42(34-14-4-1-5-15-34)29-38(30-43(49)35-16-6-2-7-17-35)52-55-50(36-18-8-3-9-19-36)54-51(56-52)37-25-26-41-40-21-11-13-23-47(40)58-48(41)31-37/h1-31H. The van der Waals surface area contributed by atoms with Crippen molar-refractivity contribution in [3.63, 3.8) is 0 Å². The van der Waals surface area contributed by atoms with Gasteiger partial charge < -0.3 is 8.98 Å². The van der Waals surface area contributed by atoms with Gasteiger partial charge in [-0.2, -0.15) is 5.26 Å². The maximum absolute atomic E-state index is 9.90. The average Bonchev–Trinajstić information content (AvgIpc) is 3.84. The van der Waals surface area contributed by atoms with Gasteiger partial charge in [-0.3, -0.25) is 0 Å². The number of aromatic nitrogens is 4. The van der Waals surface area contributed by atoms with Gasteiger partial charge in [0.05, 0.1) is 28.4 Å². The molecule has 0 amide bonds. The molecule has 11 rings (SSSR count). The topological polar surface area (TPSA) is 80.5 Å². The van der Waals surface area contributed by atoms with Crippen molar-refractivity contribution in [1.29, 1.82) is 5.26 Å². The van der Waals surface area contributed by atoms with Crippen LogP contribution in [-0.4, -0.2) is 19.5 Å². The predicted octanol–water partition coefficient (Wildman–Crippen LogP) is 13.1. The zero-order chi connectivity index (χ0) is 38.6. The molecule has 6 nitrogen and oxygen atoms in total. The van der Waals surface area contributed by atoms with Crippen LogP contribution >= 0.6 is 0 Å². The molecular formula is C52H31N5O. The van der Waals surface area contributed by atoms with Crippen molar-refractivity contribution in [3.8, 4) is 68.2 Å². The monoisotopic (exact) mass is 741 g/mol. The van der Waals surface area contributed by atoms with Crippen LogP contribution in [0.3, 0.4) is 0 Å². The number of furan rings is 1. The van der Waals surface area contributed by atoms with Gasteiger partial charge in [-0.05, 0) is 65.7 Å². The quantitative estimate of drug-likeness (QED) is 0.169. The van der Waals surface area contributed by atoms with Crippen molar-refractivity contribution >= 4 is 43.7 Å². The highest BCUT2D eigenvalue weighted by atomic mass is 16.3. The normalized spacial score (nSPS) is 11.4. The molecule has 0 radical (unpaired) electrons. The van der Waals surface area contributed by atoms with Gasteiger partial charge in [0.25, 0.3) is 0 Å². The van der Waals surface area contributed by atoms with Crippen LogP contribution in [0.2, 0.25) is 0 Å². The summed E-state index contributed by atoms with van der Waals surface area (Å²) >= 11 is 0. The molecule has 270 valence electrons. The van der Waals surface area contributed by atoms with E-state index in [0.717, 1.165) is 88.4 Å². The molecule has 3 aromatic heterocycles. The molecule has 11 aromatic rings. The molecule has 0 atom stereocenters. The molecule has 0 saturated carbocycles. The summed E-state index contributed by atoms with van der Waals surface area (Å²) in [4.78, 5) is 15.5. The Labute approximate surface area is 333 Å². The predicted molar refractivity (Wildman–Crippen MR) is 233 cm³/mol. The Morgan fingerprint density at radius 2 is 0.931 bits per heavy atom.